The summed E-state index contributed by atoms with van der Waals surface area (Å²) in [6.07, 6.45) is 7.99. The molecule has 1 unspecified atom stereocenters. The Balaban J connectivity index is 1.23. The van der Waals surface area contributed by atoms with Crippen LogP contribution < -0.4 is 5.32 Å². The maximum absolute atomic E-state index is 13.6. The number of hydrogen-bond donors (Lipinski definition) is 1. The summed E-state index contributed by atoms with van der Waals surface area (Å²) in [6, 6.07) is 12.4. The lowest BCUT2D eigenvalue weighted by atomic mass is 9.81. The van der Waals surface area contributed by atoms with Crippen molar-refractivity contribution in [2.24, 2.45) is 11.3 Å². The molecule has 1 saturated carbocycles. The van der Waals surface area contributed by atoms with Gasteiger partial charge >= 0.3 is 0 Å². The molecule has 32 heavy (non-hydrogen) atoms. The number of rotatable bonds is 6. The number of nitrogens with one attached hydrogen (secondary N) is 1. The highest BCUT2D eigenvalue weighted by Gasteiger charge is 2.50. The van der Waals surface area contributed by atoms with Gasteiger partial charge in [-0.2, -0.15) is 0 Å². The van der Waals surface area contributed by atoms with E-state index in [1.54, 1.807) is 0 Å². The van der Waals surface area contributed by atoms with Gasteiger partial charge in [0.15, 0.2) is 0 Å². The molecular weight excluding hydrogens is 425 g/mol. The van der Waals surface area contributed by atoms with Gasteiger partial charge in [-0.3, -0.25) is 9.88 Å². The Kier molecular flexibility index (Phi) is 5.66. The molecule has 164 valence electrons. The first-order chi connectivity index (χ1) is 15.5. The van der Waals surface area contributed by atoms with Gasteiger partial charge in [-0.1, -0.05) is 23.7 Å². The van der Waals surface area contributed by atoms with E-state index in [0.29, 0.717) is 28.2 Å². The van der Waals surface area contributed by atoms with Crippen LogP contribution in [0.4, 0.5) is 10.2 Å². The Labute approximate surface area is 192 Å². The van der Waals surface area contributed by atoms with Crippen molar-refractivity contribution in [2.45, 2.75) is 25.4 Å². The largest absolute Gasteiger partial charge is 0.366 e. The number of hydrogen-bond acceptors (Lipinski definition) is 5. The standard InChI is InChI=1S/C25H25ClFN5/c1-2-25-12-20(10-18(25)15-32(16-25)14-17-4-3-9-28-13-17)29-24-8-7-23(30-31-24)21-11-19(27)5-6-22(21)26/h2-9,11,13,18,20H,1,10,12,14-16H2,(H,29,31)/t18-,20+,25?/m0/s1. The van der Waals surface area contributed by atoms with Gasteiger partial charge < -0.3 is 5.32 Å². The van der Waals surface area contributed by atoms with Crippen LogP contribution in [0, 0.1) is 17.2 Å². The van der Waals surface area contributed by atoms with Crippen LogP contribution in [0.1, 0.15) is 18.4 Å². The second kappa shape index (κ2) is 8.60. The molecule has 5 rings (SSSR count). The van der Waals surface area contributed by atoms with Crippen molar-refractivity contribution in [2.75, 3.05) is 18.4 Å². The van der Waals surface area contributed by atoms with Crippen molar-refractivity contribution >= 4 is 17.4 Å². The van der Waals surface area contributed by atoms with Gasteiger partial charge in [0.25, 0.3) is 0 Å². The summed E-state index contributed by atoms with van der Waals surface area (Å²) in [7, 11) is 0. The van der Waals surface area contributed by atoms with Crippen LogP contribution in [0.25, 0.3) is 11.3 Å². The summed E-state index contributed by atoms with van der Waals surface area (Å²) in [4.78, 5) is 6.75. The molecule has 1 N–H and O–H groups in total. The van der Waals surface area contributed by atoms with E-state index in [-0.39, 0.29) is 11.2 Å². The maximum Gasteiger partial charge on any atom is 0.148 e. The SMILES string of the molecule is C=CC12C[C@H](Nc3ccc(-c4cc(F)ccc4Cl)nn3)C[C@H]1CN(Cc1cccnc1)C2. The highest BCUT2D eigenvalue weighted by molar-refractivity contribution is 6.33. The van der Waals surface area contributed by atoms with E-state index in [1.807, 2.05) is 30.6 Å². The van der Waals surface area contributed by atoms with Gasteiger partial charge in [-0.05, 0) is 60.7 Å². The molecule has 3 aromatic rings. The monoisotopic (exact) mass is 449 g/mol. The fourth-order valence-electron chi connectivity index (χ4n) is 5.28. The number of pyridine rings is 1. The van der Waals surface area contributed by atoms with Crippen molar-refractivity contribution in [1.29, 1.82) is 0 Å². The molecule has 1 saturated heterocycles. The minimum Gasteiger partial charge on any atom is -0.366 e. The fourth-order valence-corrected chi connectivity index (χ4v) is 5.49. The van der Waals surface area contributed by atoms with Crippen molar-refractivity contribution in [1.82, 2.24) is 20.1 Å². The molecule has 2 aromatic heterocycles. The average Bonchev–Trinajstić information content (AvgIpc) is 3.30. The lowest BCUT2D eigenvalue weighted by molar-refractivity contribution is 0.282. The summed E-state index contributed by atoms with van der Waals surface area (Å²) in [5.74, 6) is 0.934. The topological polar surface area (TPSA) is 53.9 Å². The minimum atomic E-state index is -0.349. The Morgan fingerprint density at radius 1 is 1.25 bits per heavy atom. The van der Waals surface area contributed by atoms with Gasteiger partial charge in [-0.25, -0.2) is 4.39 Å². The van der Waals surface area contributed by atoms with Crippen LogP contribution in [0.2, 0.25) is 5.02 Å². The van der Waals surface area contributed by atoms with Gasteiger partial charge in [0, 0.05) is 49.0 Å². The van der Waals surface area contributed by atoms with Crippen LogP contribution in [-0.2, 0) is 6.54 Å². The van der Waals surface area contributed by atoms with Crippen LogP contribution in [0.15, 0.2) is 67.5 Å². The number of halogens is 2. The Hall–Kier alpha value is -2.83. The molecule has 0 radical (unpaired) electrons. The van der Waals surface area contributed by atoms with E-state index in [4.69, 9.17) is 11.6 Å². The molecule has 2 fully saturated rings. The highest BCUT2D eigenvalue weighted by Crippen LogP contribution is 2.50. The first-order valence-corrected chi connectivity index (χ1v) is 11.2. The number of benzene rings is 1. The zero-order valence-electron chi connectivity index (χ0n) is 17.7. The van der Waals surface area contributed by atoms with Crippen molar-refractivity contribution in [3.63, 3.8) is 0 Å². The molecule has 0 bridgehead atoms. The quantitative estimate of drug-likeness (QED) is 0.523. The smallest absolute Gasteiger partial charge is 0.148 e. The Morgan fingerprint density at radius 3 is 2.88 bits per heavy atom. The van der Waals surface area contributed by atoms with Gasteiger partial charge in [0.2, 0.25) is 0 Å². The van der Waals surface area contributed by atoms with Crippen LogP contribution >= 0.6 is 11.6 Å². The summed E-state index contributed by atoms with van der Waals surface area (Å²) >= 11 is 6.19. The molecule has 1 aliphatic carbocycles. The van der Waals surface area contributed by atoms with E-state index < -0.39 is 0 Å². The molecule has 5 nitrogen and oxygen atoms in total. The molecule has 0 spiro atoms. The third-order valence-electron chi connectivity index (χ3n) is 6.76. The van der Waals surface area contributed by atoms with Crippen LogP contribution in [0.3, 0.4) is 0 Å². The number of likely N-dealkylation sites (tertiary alicyclic amines) is 1. The fraction of sp³-hybridized carbons (Fsp3) is 0.320. The van der Waals surface area contributed by atoms with E-state index in [2.05, 4.69) is 44.1 Å². The summed E-state index contributed by atoms with van der Waals surface area (Å²) < 4.78 is 13.6. The number of aromatic nitrogens is 3. The Bertz CT molecular complexity index is 1110. The predicted molar refractivity (Wildman–Crippen MR) is 125 cm³/mol. The van der Waals surface area contributed by atoms with Crippen molar-refractivity contribution in [3.8, 4) is 11.3 Å². The normalized spacial score (nSPS) is 24.9. The van der Waals surface area contributed by atoms with Crippen molar-refractivity contribution < 1.29 is 4.39 Å². The van der Waals surface area contributed by atoms with E-state index >= 15 is 0 Å². The van der Waals surface area contributed by atoms with Crippen LogP contribution in [-0.4, -0.2) is 39.2 Å². The van der Waals surface area contributed by atoms with E-state index in [9.17, 15) is 4.39 Å². The Morgan fingerprint density at radius 2 is 2.16 bits per heavy atom. The molecule has 2 aliphatic rings. The van der Waals surface area contributed by atoms with E-state index in [1.165, 1.54) is 23.8 Å². The highest BCUT2D eigenvalue weighted by atomic mass is 35.5. The third-order valence-corrected chi connectivity index (χ3v) is 7.09. The summed E-state index contributed by atoms with van der Waals surface area (Å²) in [5, 5.41) is 12.6. The second-order valence-corrected chi connectivity index (χ2v) is 9.28. The first kappa shape index (κ1) is 21.0. The molecule has 0 amide bonds. The minimum absolute atomic E-state index is 0.113. The molecule has 1 aromatic carbocycles. The lowest BCUT2D eigenvalue weighted by Gasteiger charge is -2.25. The zero-order chi connectivity index (χ0) is 22.1. The predicted octanol–water partition coefficient (Wildman–Crippen LogP) is 5.21. The molecule has 7 heteroatoms. The number of fused-ring (bicyclic) bond motifs is 1. The molecule has 3 atom stereocenters. The first-order valence-electron chi connectivity index (χ1n) is 10.9. The van der Waals surface area contributed by atoms with Gasteiger partial charge in [-0.15, -0.1) is 16.8 Å². The average molecular weight is 450 g/mol. The maximum atomic E-state index is 13.6. The number of nitrogens with zero attached hydrogens (tertiary/aromatic N) is 4. The van der Waals surface area contributed by atoms with Gasteiger partial charge in [0.1, 0.15) is 11.6 Å². The van der Waals surface area contributed by atoms with E-state index in [0.717, 1.165) is 38.3 Å². The lowest BCUT2D eigenvalue weighted by Crippen LogP contribution is -2.28. The molecule has 3 heterocycles. The molecular formula is C25H25ClFN5. The van der Waals surface area contributed by atoms with Gasteiger partial charge in [0.05, 0.1) is 10.7 Å². The van der Waals surface area contributed by atoms with Crippen molar-refractivity contribution in [3.05, 3.63) is 83.9 Å². The summed E-state index contributed by atoms with van der Waals surface area (Å²) in [5.41, 5.74) is 2.45. The molecule has 1 aliphatic heterocycles. The number of anilines is 1. The second-order valence-electron chi connectivity index (χ2n) is 8.87. The van der Waals surface area contributed by atoms with Crippen LogP contribution in [0.5, 0.6) is 0 Å². The third kappa shape index (κ3) is 4.12. The summed E-state index contributed by atoms with van der Waals surface area (Å²) in [6.45, 7) is 7.17. The zero-order valence-corrected chi connectivity index (χ0v) is 18.5.